The Morgan fingerprint density at radius 1 is 1.24 bits per heavy atom. The summed E-state index contributed by atoms with van der Waals surface area (Å²) in [6, 6.07) is 15.1. The lowest BCUT2D eigenvalue weighted by molar-refractivity contribution is -0.115. The first-order valence-corrected chi connectivity index (χ1v) is 7.86. The van der Waals surface area contributed by atoms with Gasteiger partial charge in [0.25, 0.3) is 0 Å². The fraction of sp³-hybridized carbons (Fsp3) is 0.188. The summed E-state index contributed by atoms with van der Waals surface area (Å²) in [5.41, 5.74) is 0.597. The summed E-state index contributed by atoms with van der Waals surface area (Å²) >= 11 is 7.58. The lowest BCUT2D eigenvalue weighted by atomic mass is 10.3. The summed E-state index contributed by atoms with van der Waals surface area (Å²) < 4.78 is 5.20. The predicted octanol–water partition coefficient (Wildman–Crippen LogP) is 4.47. The third kappa shape index (κ3) is 4.99. The van der Waals surface area contributed by atoms with E-state index in [9.17, 15) is 4.79 Å². The van der Waals surface area contributed by atoms with Crippen LogP contribution in [0.3, 0.4) is 0 Å². The average molecular weight is 322 g/mol. The first-order valence-electron chi connectivity index (χ1n) is 6.50. The molecular formula is C16H16ClNO2S. The molecule has 5 heteroatoms. The molecule has 0 aromatic heterocycles. The number of hydrogen-bond donors (Lipinski definition) is 1. The highest BCUT2D eigenvalue weighted by Gasteiger charge is 2.08. The van der Waals surface area contributed by atoms with Crippen LogP contribution in [-0.4, -0.2) is 18.8 Å². The second-order valence-electron chi connectivity index (χ2n) is 4.30. The number of thioether (sulfide) groups is 1. The largest absolute Gasteiger partial charge is 0.495 e. The van der Waals surface area contributed by atoms with E-state index in [0.29, 0.717) is 22.9 Å². The number of benzene rings is 2. The van der Waals surface area contributed by atoms with Crippen molar-refractivity contribution in [2.45, 2.75) is 11.3 Å². The van der Waals surface area contributed by atoms with Gasteiger partial charge in [-0.15, -0.1) is 11.8 Å². The van der Waals surface area contributed by atoms with Gasteiger partial charge in [-0.25, -0.2) is 0 Å². The van der Waals surface area contributed by atoms with Crippen LogP contribution < -0.4 is 10.1 Å². The van der Waals surface area contributed by atoms with E-state index in [1.54, 1.807) is 37.1 Å². The van der Waals surface area contributed by atoms with Crippen LogP contribution in [0.1, 0.15) is 6.42 Å². The van der Waals surface area contributed by atoms with Crippen molar-refractivity contribution in [3.8, 4) is 5.75 Å². The molecule has 0 saturated carbocycles. The molecule has 21 heavy (non-hydrogen) atoms. The number of hydrogen-bond acceptors (Lipinski definition) is 3. The summed E-state index contributed by atoms with van der Waals surface area (Å²) in [6.45, 7) is 0. The van der Waals surface area contributed by atoms with E-state index in [-0.39, 0.29) is 5.91 Å². The summed E-state index contributed by atoms with van der Waals surface area (Å²) in [5, 5.41) is 3.39. The lowest BCUT2D eigenvalue weighted by Crippen LogP contribution is -2.12. The van der Waals surface area contributed by atoms with Gasteiger partial charge in [-0.2, -0.15) is 0 Å². The van der Waals surface area contributed by atoms with E-state index in [4.69, 9.17) is 16.3 Å². The molecule has 2 aromatic carbocycles. The van der Waals surface area contributed by atoms with Gasteiger partial charge in [-0.05, 0) is 30.3 Å². The van der Waals surface area contributed by atoms with Crippen LogP contribution in [0.5, 0.6) is 5.75 Å². The molecule has 2 aromatic rings. The molecule has 0 aliphatic carbocycles. The van der Waals surface area contributed by atoms with Crippen molar-refractivity contribution < 1.29 is 9.53 Å². The van der Waals surface area contributed by atoms with Crippen molar-refractivity contribution in [2.75, 3.05) is 18.2 Å². The number of methoxy groups -OCH3 is 1. The Labute approximate surface area is 133 Å². The number of carbonyl (C=O) groups is 1. The zero-order chi connectivity index (χ0) is 15.1. The van der Waals surface area contributed by atoms with Gasteiger partial charge in [-0.3, -0.25) is 4.79 Å². The molecule has 0 spiro atoms. The molecular weight excluding hydrogens is 306 g/mol. The van der Waals surface area contributed by atoms with Gasteiger partial charge >= 0.3 is 0 Å². The Morgan fingerprint density at radius 3 is 2.71 bits per heavy atom. The van der Waals surface area contributed by atoms with Gasteiger partial charge in [-0.1, -0.05) is 29.8 Å². The van der Waals surface area contributed by atoms with E-state index in [1.807, 2.05) is 30.3 Å². The van der Waals surface area contributed by atoms with Crippen molar-refractivity contribution >= 4 is 35.0 Å². The van der Waals surface area contributed by atoms with Gasteiger partial charge in [0.15, 0.2) is 0 Å². The third-order valence-corrected chi connectivity index (χ3v) is 4.03. The quantitative estimate of drug-likeness (QED) is 0.798. The Balaban J connectivity index is 1.86. The summed E-state index contributed by atoms with van der Waals surface area (Å²) in [5.74, 6) is 1.26. The predicted molar refractivity (Wildman–Crippen MR) is 88.4 cm³/mol. The van der Waals surface area contributed by atoms with Crippen LogP contribution in [0.2, 0.25) is 5.02 Å². The second kappa shape index (κ2) is 7.96. The van der Waals surface area contributed by atoms with Crippen LogP contribution in [0.15, 0.2) is 53.4 Å². The van der Waals surface area contributed by atoms with E-state index in [2.05, 4.69) is 5.32 Å². The number of nitrogens with one attached hydrogen (secondary N) is 1. The zero-order valence-corrected chi connectivity index (χ0v) is 13.2. The highest BCUT2D eigenvalue weighted by molar-refractivity contribution is 7.99. The van der Waals surface area contributed by atoms with Crippen LogP contribution >= 0.6 is 23.4 Å². The molecule has 0 saturated heterocycles. The number of rotatable bonds is 6. The molecule has 0 aliphatic heterocycles. The van der Waals surface area contributed by atoms with Crippen LogP contribution in [0.4, 0.5) is 5.69 Å². The number of amides is 1. The van der Waals surface area contributed by atoms with Crippen molar-refractivity contribution in [1.82, 2.24) is 0 Å². The highest BCUT2D eigenvalue weighted by atomic mass is 35.5. The average Bonchev–Trinajstić information content (AvgIpc) is 2.48. The Kier molecular flexibility index (Phi) is 5.96. The number of carbonyl (C=O) groups excluding carboxylic acids is 1. The number of ether oxygens (including phenoxy) is 1. The zero-order valence-electron chi connectivity index (χ0n) is 11.6. The maximum absolute atomic E-state index is 12.0. The van der Waals surface area contributed by atoms with Crippen molar-refractivity contribution in [1.29, 1.82) is 0 Å². The van der Waals surface area contributed by atoms with E-state index in [1.165, 1.54) is 0 Å². The molecule has 110 valence electrons. The van der Waals surface area contributed by atoms with Gasteiger partial charge in [0.1, 0.15) is 5.75 Å². The summed E-state index contributed by atoms with van der Waals surface area (Å²) in [6.07, 6.45) is 0.426. The number of anilines is 1. The van der Waals surface area contributed by atoms with Crippen molar-refractivity contribution in [3.05, 3.63) is 53.6 Å². The summed E-state index contributed by atoms with van der Waals surface area (Å²) in [7, 11) is 1.56. The molecule has 0 unspecified atom stereocenters. The van der Waals surface area contributed by atoms with Crippen LogP contribution in [-0.2, 0) is 4.79 Å². The Bertz CT molecular complexity index is 604. The first kappa shape index (κ1) is 15.7. The van der Waals surface area contributed by atoms with Crippen molar-refractivity contribution in [3.63, 3.8) is 0 Å². The monoisotopic (exact) mass is 321 g/mol. The first-order chi connectivity index (χ1) is 10.2. The normalized spacial score (nSPS) is 10.2. The van der Waals surface area contributed by atoms with Crippen LogP contribution in [0.25, 0.3) is 0 Å². The Morgan fingerprint density at radius 2 is 2.00 bits per heavy atom. The number of halogens is 1. The molecule has 0 heterocycles. The minimum Gasteiger partial charge on any atom is -0.495 e. The highest BCUT2D eigenvalue weighted by Crippen LogP contribution is 2.28. The van der Waals surface area contributed by atoms with Gasteiger partial charge in [0, 0.05) is 22.1 Å². The minimum absolute atomic E-state index is 0.0565. The fourth-order valence-electron chi connectivity index (χ4n) is 1.77. The van der Waals surface area contributed by atoms with Crippen LogP contribution in [0, 0.1) is 0 Å². The van der Waals surface area contributed by atoms with Crippen molar-refractivity contribution in [2.24, 2.45) is 0 Å². The summed E-state index contributed by atoms with van der Waals surface area (Å²) in [4.78, 5) is 13.1. The minimum atomic E-state index is -0.0565. The molecule has 2 rings (SSSR count). The molecule has 0 aliphatic rings. The van der Waals surface area contributed by atoms with Gasteiger partial charge in [0.05, 0.1) is 12.8 Å². The maximum Gasteiger partial charge on any atom is 0.225 e. The lowest BCUT2D eigenvalue weighted by Gasteiger charge is -2.10. The topological polar surface area (TPSA) is 38.3 Å². The SMILES string of the molecule is COc1ccc(Cl)cc1NC(=O)CCSc1ccccc1. The molecule has 1 amide bonds. The second-order valence-corrected chi connectivity index (χ2v) is 5.91. The van der Waals surface area contributed by atoms with E-state index >= 15 is 0 Å². The van der Waals surface area contributed by atoms with E-state index in [0.717, 1.165) is 10.6 Å². The smallest absolute Gasteiger partial charge is 0.225 e. The molecule has 3 nitrogen and oxygen atoms in total. The maximum atomic E-state index is 12.0. The molecule has 0 radical (unpaired) electrons. The third-order valence-electron chi connectivity index (χ3n) is 2.78. The standard InChI is InChI=1S/C16H16ClNO2S/c1-20-15-8-7-12(17)11-14(15)18-16(19)9-10-21-13-5-3-2-4-6-13/h2-8,11H,9-10H2,1H3,(H,18,19). The van der Waals surface area contributed by atoms with Gasteiger partial charge < -0.3 is 10.1 Å². The molecule has 0 atom stereocenters. The fourth-order valence-corrected chi connectivity index (χ4v) is 2.81. The molecule has 0 bridgehead atoms. The van der Waals surface area contributed by atoms with E-state index < -0.39 is 0 Å². The molecule has 1 N–H and O–H groups in total. The van der Waals surface area contributed by atoms with Gasteiger partial charge in [0.2, 0.25) is 5.91 Å². The Hall–Kier alpha value is -1.65. The molecule has 0 fully saturated rings.